The Balaban J connectivity index is 1.88. The molecule has 0 atom stereocenters. The first-order valence-electron chi connectivity index (χ1n) is 8.66. The number of hydrogen-bond donors (Lipinski definition) is 2. The second-order valence-electron chi connectivity index (χ2n) is 6.29. The largest absolute Gasteiger partial charge is 0.444 e. The number of non-ortho nitro benzene ring substituents is 2. The van der Waals surface area contributed by atoms with Crippen molar-refractivity contribution in [2.45, 2.75) is 6.92 Å². The van der Waals surface area contributed by atoms with E-state index in [2.05, 4.69) is 10.2 Å². The van der Waals surface area contributed by atoms with E-state index >= 15 is 0 Å². The Morgan fingerprint density at radius 1 is 0.733 bits per heavy atom. The van der Waals surface area contributed by atoms with Gasteiger partial charge in [0.1, 0.15) is 5.75 Å². The van der Waals surface area contributed by atoms with Crippen LogP contribution in [0.1, 0.15) is 5.56 Å². The smallest absolute Gasteiger partial charge is 0.414 e. The predicted molar refractivity (Wildman–Crippen MR) is 113 cm³/mol. The van der Waals surface area contributed by atoms with Gasteiger partial charge >= 0.3 is 7.67 Å². The molecule has 0 aliphatic heterocycles. The minimum atomic E-state index is -3.82. The third-order valence-electron chi connectivity index (χ3n) is 3.96. The maximum Gasteiger partial charge on any atom is 0.444 e. The van der Waals surface area contributed by atoms with Crippen molar-refractivity contribution in [2.24, 2.45) is 0 Å². The van der Waals surface area contributed by atoms with E-state index < -0.39 is 17.5 Å². The topological polar surface area (TPSA) is 137 Å². The summed E-state index contributed by atoms with van der Waals surface area (Å²) in [7, 11) is -3.82. The molecule has 0 bridgehead atoms. The van der Waals surface area contributed by atoms with Crippen LogP contribution in [0.25, 0.3) is 0 Å². The zero-order valence-corrected chi connectivity index (χ0v) is 16.6. The lowest BCUT2D eigenvalue weighted by Gasteiger charge is -2.22. The highest BCUT2D eigenvalue weighted by Gasteiger charge is 2.26. The number of rotatable bonds is 8. The lowest BCUT2D eigenvalue weighted by atomic mass is 10.2. The van der Waals surface area contributed by atoms with Gasteiger partial charge in [-0.25, -0.2) is 4.57 Å². The maximum atomic E-state index is 13.5. The van der Waals surface area contributed by atoms with Crippen LogP contribution in [0.3, 0.4) is 0 Å². The monoisotopic (exact) mass is 428 g/mol. The maximum absolute atomic E-state index is 13.5. The summed E-state index contributed by atoms with van der Waals surface area (Å²) in [5.74, 6) is 0.327. The van der Waals surface area contributed by atoms with Gasteiger partial charge in [-0.2, -0.15) is 0 Å². The summed E-state index contributed by atoms with van der Waals surface area (Å²) in [6.45, 7) is 1.90. The second kappa shape index (κ2) is 8.62. The van der Waals surface area contributed by atoms with E-state index in [4.69, 9.17) is 4.52 Å². The van der Waals surface area contributed by atoms with Crippen LogP contribution in [0.2, 0.25) is 0 Å². The Morgan fingerprint density at radius 2 is 1.13 bits per heavy atom. The third kappa shape index (κ3) is 5.33. The molecule has 2 N–H and O–H groups in total. The van der Waals surface area contributed by atoms with E-state index in [1.165, 1.54) is 48.5 Å². The molecular formula is C19H17N4O6P. The first kappa shape index (κ1) is 20.8. The molecule has 3 rings (SSSR count). The zero-order chi connectivity index (χ0) is 21.7. The average molecular weight is 428 g/mol. The molecule has 30 heavy (non-hydrogen) atoms. The Labute approximate surface area is 171 Å². The quantitative estimate of drug-likeness (QED) is 0.272. The Morgan fingerprint density at radius 3 is 1.50 bits per heavy atom. The number of nitrogens with one attached hydrogen (secondary N) is 2. The molecule has 0 amide bonds. The van der Waals surface area contributed by atoms with Gasteiger partial charge in [0.15, 0.2) is 0 Å². The van der Waals surface area contributed by atoms with Crippen LogP contribution in [-0.4, -0.2) is 9.85 Å². The van der Waals surface area contributed by atoms with Crippen molar-refractivity contribution in [3.05, 3.63) is 98.6 Å². The first-order valence-corrected chi connectivity index (χ1v) is 10.3. The Hall–Kier alpha value is -3.91. The molecule has 0 aromatic heterocycles. The number of benzene rings is 3. The summed E-state index contributed by atoms with van der Waals surface area (Å²) >= 11 is 0. The van der Waals surface area contributed by atoms with Gasteiger partial charge in [0.2, 0.25) is 0 Å². The molecule has 154 valence electrons. The van der Waals surface area contributed by atoms with Crippen LogP contribution >= 0.6 is 7.67 Å². The van der Waals surface area contributed by atoms with Gasteiger partial charge < -0.3 is 4.52 Å². The molecule has 0 unspecified atom stereocenters. The summed E-state index contributed by atoms with van der Waals surface area (Å²) in [6, 6.07) is 17.6. The molecule has 0 spiro atoms. The van der Waals surface area contributed by atoms with Crippen LogP contribution < -0.4 is 14.7 Å². The minimum Gasteiger partial charge on any atom is -0.414 e. The normalized spacial score (nSPS) is 10.8. The molecule has 0 saturated carbocycles. The van der Waals surface area contributed by atoms with E-state index in [0.717, 1.165) is 5.56 Å². The second-order valence-corrected chi connectivity index (χ2v) is 8.02. The molecule has 0 fully saturated rings. The Kier molecular flexibility index (Phi) is 5.98. The third-order valence-corrected chi connectivity index (χ3v) is 5.54. The van der Waals surface area contributed by atoms with Crippen LogP contribution in [0.4, 0.5) is 22.7 Å². The summed E-state index contributed by atoms with van der Waals surface area (Å²) in [5.41, 5.74) is 1.41. The molecule has 0 aliphatic carbocycles. The predicted octanol–water partition coefficient (Wildman–Crippen LogP) is 5.52. The van der Waals surface area contributed by atoms with Crippen molar-refractivity contribution in [1.29, 1.82) is 0 Å². The van der Waals surface area contributed by atoms with Crippen molar-refractivity contribution < 1.29 is 18.9 Å². The summed E-state index contributed by atoms with van der Waals surface area (Å²) in [4.78, 5) is 20.6. The van der Waals surface area contributed by atoms with Gasteiger partial charge in [-0.15, -0.1) is 0 Å². The highest BCUT2D eigenvalue weighted by atomic mass is 31.2. The van der Waals surface area contributed by atoms with E-state index in [9.17, 15) is 24.8 Å². The van der Waals surface area contributed by atoms with Crippen molar-refractivity contribution in [3.8, 4) is 5.75 Å². The number of hydrogen-bond acceptors (Lipinski definition) is 6. The molecule has 0 radical (unpaired) electrons. The fourth-order valence-electron chi connectivity index (χ4n) is 2.48. The fraction of sp³-hybridized carbons (Fsp3) is 0.0526. The van der Waals surface area contributed by atoms with E-state index in [-0.39, 0.29) is 11.4 Å². The highest BCUT2D eigenvalue weighted by Crippen LogP contribution is 2.47. The molecule has 3 aromatic rings. The molecule has 10 nitrogen and oxygen atoms in total. The van der Waals surface area contributed by atoms with E-state index in [0.29, 0.717) is 17.1 Å². The van der Waals surface area contributed by atoms with Crippen LogP contribution in [0.5, 0.6) is 5.75 Å². The van der Waals surface area contributed by atoms with Gasteiger partial charge in [0.05, 0.1) is 9.85 Å². The van der Waals surface area contributed by atoms with Gasteiger partial charge in [0, 0.05) is 35.6 Å². The van der Waals surface area contributed by atoms with Gasteiger partial charge in [-0.3, -0.25) is 30.4 Å². The van der Waals surface area contributed by atoms with Gasteiger partial charge in [-0.05, 0) is 43.3 Å². The molecule has 3 aromatic carbocycles. The SMILES string of the molecule is Cc1ccc(OP(=O)(Nc2ccc([N+](=O)[O-])cc2)Nc2ccc([N+](=O)[O-])cc2)cc1. The van der Waals surface area contributed by atoms with Gasteiger partial charge in [0.25, 0.3) is 11.4 Å². The van der Waals surface area contributed by atoms with E-state index in [1.54, 1.807) is 24.3 Å². The van der Waals surface area contributed by atoms with E-state index in [1.807, 2.05) is 6.92 Å². The summed E-state index contributed by atoms with van der Waals surface area (Å²) in [5, 5.41) is 27.1. The Bertz CT molecular complexity index is 1040. The number of nitro groups is 2. The zero-order valence-electron chi connectivity index (χ0n) is 15.7. The van der Waals surface area contributed by atoms with Crippen LogP contribution in [0, 0.1) is 27.2 Å². The van der Waals surface area contributed by atoms with Crippen LogP contribution in [0.15, 0.2) is 72.8 Å². The average Bonchev–Trinajstić information content (AvgIpc) is 2.70. The number of nitro benzene ring substituents is 2. The molecule has 0 aliphatic rings. The van der Waals surface area contributed by atoms with Crippen molar-refractivity contribution in [1.82, 2.24) is 0 Å². The fourth-order valence-corrected chi connectivity index (χ4v) is 4.02. The number of aryl methyl sites for hydroxylation is 1. The highest BCUT2D eigenvalue weighted by molar-refractivity contribution is 7.62. The number of nitrogens with zero attached hydrogens (tertiary/aromatic N) is 2. The van der Waals surface area contributed by atoms with Gasteiger partial charge in [-0.1, -0.05) is 17.7 Å². The lowest BCUT2D eigenvalue weighted by Crippen LogP contribution is -2.12. The summed E-state index contributed by atoms with van der Waals surface area (Å²) < 4.78 is 19.2. The first-order chi connectivity index (χ1) is 14.2. The molecule has 0 saturated heterocycles. The molecular weight excluding hydrogens is 411 g/mol. The molecule has 11 heteroatoms. The lowest BCUT2D eigenvalue weighted by molar-refractivity contribution is -0.385. The summed E-state index contributed by atoms with van der Waals surface area (Å²) in [6.07, 6.45) is 0. The number of anilines is 2. The van der Waals surface area contributed by atoms with Crippen molar-refractivity contribution in [3.63, 3.8) is 0 Å². The molecule has 0 heterocycles. The standard InChI is InChI=1S/C19H17N4O6P/c1-14-2-12-19(13-3-14)29-30(28,20-15-4-8-17(9-5-15)22(24)25)21-16-6-10-18(11-7-16)23(26)27/h2-13H,1H3,(H2,20,21,28). The van der Waals surface area contributed by atoms with Crippen molar-refractivity contribution >= 4 is 30.4 Å². The minimum absolute atomic E-state index is 0.113. The van der Waals surface area contributed by atoms with Crippen LogP contribution in [-0.2, 0) is 4.57 Å². The van der Waals surface area contributed by atoms with Crippen molar-refractivity contribution in [2.75, 3.05) is 10.2 Å².